The number of benzene rings is 1. The summed E-state index contributed by atoms with van der Waals surface area (Å²) in [5.74, 6) is 0.244. The van der Waals surface area contributed by atoms with Crippen LogP contribution in [0.15, 0.2) is 18.2 Å². The van der Waals surface area contributed by atoms with Crippen LogP contribution < -0.4 is 4.74 Å². The fraction of sp³-hybridized carbons (Fsp3) is 0.556. The van der Waals surface area contributed by atoms with Crippen molar-refractivity contribution in [1.82, 2.24) is 4.90 Å². The van der Waals surface area contributed by atoms with E-state index in [0.717, 1.165) is 30.7 Å². The minimum atomic E-state index is -0.771. The molecule has 0 radical (unpaired) electrons. The molecule has 1 saturated heterocycles. The van der Waals surface area contributed by atoms with Gasteiger partial charge in [-0.3, -0.25) is 9.59 Å². The van der Waals surface area contributed by atoms with Crippen LogP contribution in [0.3, 0.4) is 0 Å². The van der Waals surface area contributed by atoms with Crippen molar-refractivity contribution < 1.29 is 19.4 Å². The molecule has 2 atom stereocenters. The van der Waals surface area contributed by atoms with E-state index < -0.39 is 5.97 Å². The molecule has 0 aliphatic carbocycles. The Morgan fingerprint density at radius 3 is 3.00 bits per heavy atom. The zero-order chi connectivity index (χ0) is 17.1. The number of fused-ring (bicyclic) bond motifs is 1. The number of likely N-dealkylation sites (tertiary alicyclic amines) is 1. The van der Waals surface area contributed by atoms with Gasteiger partial charge in [0.25, 0.3) is 0 Å². The summed E-state index contributed by atoms with van der Waals surface area (Å²) in [4.78, 5) is 25.5. The third-order valence-corrected chi connectivity index (χ3v) is 5.11. The molecule has 6 heteroatoms. The number of piperidine rings is 1. The molecule has 1 fully saturated rings. The molecule has 1 N–H and O–H groups in total. The second-order valence-corrected chi connectivity index (χ2v) is 7.13. The number of hydrogen-bond acceptors (Lipinski definition) is 3. The highest BCUT2D eigenvalue weighted by Gasteiger charge is 2.32. The van der Waals surface area contributed by atoms with E-state index in [9.17, 15) is 9.59 Å². The average molecular weight is 352 g/mol. The van der Waals surface area contributed by atoms with Crippen LogP contribution >= 0.6 is 11.6 Å². The third kappa shape index (κ3) is 4.01. The summed E-state index contributed by atoms with van der Waals surface area (Å²) in [5.41, 5.74) is 0.978. The number of carboxylic acids is 1. The summed E-state index contributed by atoms with van der Waals surface area (Å²) >= 11 is 6.03. The van der Waals surface area contributed by atoms with Gasteiger partial charge < -0.3 is 14.7 Å². The highest BCUT2D eigenvalue weighted by Crippen LogP contribution is 2.31. The van der Waals surface area contributed by atoms with Crippen molar-refractivity contribution in [2.24, 2.45) is 11.8 Å². The predicted octanol–water partition coefficient (Wildman–Crippen LogP) is 2.99. The van der Waals surface area contributed by atoms with E-state index in [1.807, 2.05) is 17.0 Å². The molecule has 1 aromatic rings. The average Bonchev–Trinajstić information content (AvgIpc) is 2.59. The van der Waals surface area contributed by atoms with Crippen molar-refractivity contribution in [3.63, 3.8) is 0 Å². The molecule has 2 heterocycles. The minimum Gasteiger partial charge on any atom is -0.492 e. The largest absolute Gasteiger partial charge is 0.492 e. The van der Waals surface area contributed by atoms with Gasteiger partial charge in [-0.1, -0.05) is 11.6 Å². The van der Waals surface area contributed by atoms with E-state index in [-0.39, 0.29) is 24.2 Å². The van der Waals surface area contributed by atoms with Crippen LogP contribution in [0.5, 0.6) is 5.75 Å². The predicted molar refractivity (Wildman–Crippen MR) is 90.3 cm³/mol. The highest BCUT2D eigenvalue weighted by atomic mass is 35.5. The third-order valence-electron chi connectivity index (χ3n) is 4.88. The van der Waals surface area contributed by atoms with Crippen molar-refractivity contribution in [3.05, 3.63) is 28.8 Å². The van der Waals surface area contributed by atoms with Crippen molar-refractivity contribution in [2.75, 3.05) is 19.7 Å². The lowest BCUT2D eigenvalue weighted by atomic mass is 9.90. The molecule has 24 heavy (non-hydrogen) atoms. The molecule has 3 rings (SSSR count). The van der Waals surface area contributed by atoms with E-state index in [1.165, 1.54) is 0 Å². The molecule has 1 amide bonds. The van der Waals surface area contributed by atoms with Crippen LogP contribution in [0.4, 0.5) is 0 Å². The van der Waals surface area contributed by atoms with Crippen LogP contribution in [-0.4, -0.2) is 41.6 Å². The Labute approximate surface area is 146 Å². The number of halogens is 1. The number of carbonyl (C=O) groups excluding carboxylic acids is 1. The van der Waals surface area contributed by atoms with E-state index in [1.54, 1.807) is 6.07 Å². The zero-order valence-electron chi connectivity index (χ0n) is 13.5. The molecule has 130 valence electrons. The Morgan fingerprint density at radius 2 is 2.21 bits per heavy atom. The van der Waals surface area contributed by atoms with Crippen LogP contribution in [-0.2, 0) is 16.0 Å². The Hall–Kier alpha value is -1.75. The van der Waals surface area contributed by atoms with Crippen molar-refractivity contribution in [2.45, 2.75) is 32.1 Å². The van der Waals surface area contributed by atoms with Gasteiger partial charge in [-0.05, 0) is 55.4 Å². The Balaban J connectivity index is 1.61. The van der Waals surface area contributed by atoms with Crippen LogP contribution in [0.25, 0.3) is 0 Å². The monoisotopic (exact) mass is 351 g/mol. The number of carboxylic acid groups (broad SMARTS) is 1. The second-order valence-electron chi connectivity index (χ2n) is 6.69. The molecule has 2 aliphatic heterocycles. The number of hydrogen-bond donors (Lipinski definition) is 1. The number of amides is 1. The number of carbonyl (C=O) groups is 2. The van der Waals surface area contributed by atoms with Gasteiger partial charge in [-0.2, -0.15) is 0 Å². The number of nitrogens with zero attached hydrogens (tertiary/aromatic N) is 1. The molecule has 0 aromatic heterocycles. The van der Waals surface area contributed by atoms with Crippen molar-refractivity contribution >= 4 is 23.5 Å². The van der Waals surface area contributed by atoms with Crippen molar-refractivity contribution in [1.29, 1.82) is 0 Å². The molecule has 1 aromatic carbocycles. The summed E-state index contributed by atoms with van der Waals surface area (Å²) in [7, 11) is 0. The van der Waals surface area contributed by atoms with E-state index in [2.05, 4.69) is 0 Å². The molecule has 0 unspecified atom stereocenters. The smallest absolute Gasteiger partial charge is 0.303 e. The number of rotatable bonds is 4. The maximum absolute atomic E-state index is 12.8. The van der Waals surface area contributed by atoms with Gasteiger partial charge in [0.15, 0.2) is 0 Å². The molecule has 0 bridgehead atoms. The maximum Gasteiger partial charge on any atom is 0.303 e. The summed E-state index contributed by atoms with van der Waals surface area (Å²) in [6, 6.07) is 5.50. The first-order valence-electron chi connectivity index (χ1n) is 8.44. The molecule has 0 saturated carbocycles. The van der Waals surface area contributed by atoms with Crippen LogP contribution in [0, 0.1) is 11.8 Å². The minimum absolute atomic E-state index is 0.112. The first kappa shape index (κ1) is 17.1. The summed E-state index contributed by atoms with van der Waals surface area (Å²) in [5, 5.41) is 9.48. The van der Waals surface area contributed by atoms with Gasteiger partial charge >= 0.3 is 5.97 Å². The highest BCUT2D eigenvalue weighted by molar-refractivity contribution is 6.30. The van der Waals surface area contributed by atoms with E-state index in [0.29, 0.717) is 31.0 Å². The van der Waals surface area contributed by atoms with Gasteiger partial charge in [0.05, 0.1) is 5.92 Å². The van der Waals surface area contributed by atoms with Gasteiger partial charge in [0.2, 0.25) is 5.91 Å². The van der Waals surface area contributed by atoms with E-state index in [4.69, 9.17) is 21.4 Å². The second kappa shape index (κ2) is 7.43. The van der Waals surface area contributed by atoms with Crippen LogP contribution in [0.1, 0.15) is 31.2 Å². The Bertz CT molecular complexity index is 633. The normalized spacial score (nSPS) is 23.3. The lowest BCUT2D eigenvalue weighted by Crippen LogP contribution is -2.45. The zero-order valence-corrected chi connectivity index (χ0v) is 14.3. The fourth-order valence-electron chi connectivity index (χ4n) is 3.61. The van der Waals surface area contributed by atoms with Gasteiger partial charge in [-0.15, -0.1) is 0 Å². The molecular formula is C18H22ClNO4. The number of aliphatic carboxylic acids is 1. The lowest BCUT2D eigenvalue weighted by molar-refractivity contribution is -0.139. The first-order valence-corrected chi connectivity index (χ1v) is 8.82. The fourth-order valence-corrected chi connectivity index (χ4v) is 3.80. The van der Waals surface area contributed by atoms with Gasteiger partial charge in [-0.25, -0.2) is 0 Å². The molecular weight excluding hydrogens is 330 g/mol. The quantitative estimate of drug-likeness (QED) is 0.905. The maximum atomic E-state index is 12.8. The van der Waals surface area contributed by atoms with E-state index >= 15 is 0 Å². The molecule has 0 spiro atoms. The summed E-state index contributed by atoms with van der Waals surface area (Å²) in [6.07, 6.45) is 3.39. The Morgan fingerprint density at radius 1 is 1.38 bits per heavy atom. The van der Waals surface area contributed by atoms with Crippen LogP contribution in [0.2, 0.25) is 5.02 Å². The molecule has 2 aliphatic rings. The lowest BCUT2D eigenvalue weighted by Gasteiger charge is -2.36. The molecule has 5 nitrogen and oxygen atoms in total. The Kier molecular flexibility index (Phi) is 5.29. The summed E-state index contributed by atoms with van der Waals surface area (Å²) in [6.45, 7) is 1.80. The van der Waals surface area contributed by atoms with Crippen molar-refractivity contribution in [3.8, 4) is 5.75 Å². The van der Waals surface area contributed by atoms with Gasteiger partial charge in [0, 0.05) is 24.5 Å². The summed E-state index contributed by atoms with van der Waals surface area (Å²) < 4.78 is 5.72. The van der Waals surface area contributed by atoms with Gasteiger partial charge in [0.1, 0.15) is 12.4 Å². The number of ether oxygens (including phenoxy) is 1. The topological polar surface area (TPSA) is 66.8 Å². The first-order chi connectivity index (χ1) is 11.5. The standard InChI is InChI=1S/C18H22ClNO4/c19-15-4-5-16-13(9-15)8-14(11-24-16)18(23)20-7-1-2-12(10-20)3-6-17(21)22/h4-5,9,12,14H,1-3,6-8,10-11H2,(H,21,22)/t12-,14+/m1/s1. The SMILES string of the molecule is O=C(O)CC[C@H]1CCCN(C(=O)[C@@H]2COc3ccc(Cl)cc3C2)C1.